The number of hydrogen-bond acceptors (Lipinski definition) is 3. The van der Waals surface area contributed by atoms with Crippen LogP contribution in [0.5, 0.6) is 0 Å². The number of nitrogens with one attached hydrogen (secondary N) is 1. The molecular weight excluding hydrogens is 304 g/mol. The number of nitriles is 1. The van der Waals surface area contributed by atoms with Crippen LogP contribution in [0.4, 0.5) is 0 Å². The number of nitrogens with zero attached hydrogens (tertiary/aromatic N) is 1. The fraction of sp³-hybridized carbons (Fsp3) is 0.368. The molecule has 1 saturated heterocycles. The quantitative estimate of drug-likeness (QED) is 0.941. The number of fused-ring (bicyclic) bond motifs is 1. The number of hydrogen-bond donors (Lipinski definition) is 1. The zero-order valence-electron chi connectivity index (χ0n) is 12.8. The van der Waals surface area contributed by atoms with Gasteiger partial charge in [0.15, 0.2) is 0 Å². The third-order valence-electron chi connectivity index (χ3n) is 4.93. The van der Waals surface area contributed by atoms with Gasteiger partial charge in [0.2, 0.25) is 5.91 Å². The lowest BCUT2D eigenvalue weighted by Gasteiger charge is -2.21. The number of amides is 1. The van der Waals surface area contributed by atoms with Crippen molar-refractivity contribution in [3.63, 3.8) is 0 Å². The second kappa shape index (κ2) is 5.58. The summed E-state index contributed by atoms with van der Waals surface area (Å²) in [7, 11) is 0. The van der Waals surface area contributed by atoms with E-state index < -0.39 is 5.54 Å². The van der Waals surface area contributed by atoms with E-state index in [0.717, 1.165) is 18.6 Å². The van der Waals surface area contributed by atoms with Crippen molar-refractivity contribution in [3.8, 4) is 6.07 Å². The van der Waals surface area contributed by atoms with Gasteiger partial charge in [-0.25, -0.2) is 0 Å². The third kappa shape index (κ3) is 2.70. The van der Waals surface area contributed by atoms with E-state index in [1.54, 1.807) is 11.8 Å². The molecule has 4 heteroatoms. The van der Waals surface area contributed by atoms with Crippen LogP contribution in [0.3, 0.4) is 0 Å². The molecule has 3 unspecified atom stereocenters. The van der Waals surface area contributed by atoms with Gasteiger partial charge in [-0.15, -0.1) is 0 Å². The van der Waals surface area contributed by atoms with Crippen LogP contribution in [0.25, 0.3) is 10.8 Å². The monoisotopic (exact) mass is 322 g/mol. The number of carbonyl (C=O) groups excluding carboxylic acids is 1. The number of thioether (sulfide) groups is 1. The van der Waals surface area contributed by atoms with Gasteiger partial charge >= 0.3 is 0 Å². The van der Waals surface area contributed by atoms with Gasteiger partial charge in [-0.05, 0) is 40.8 Å². The van der Waals surface area contributed by atoms with Gasteiger partial charge in [-0.3, -0.25) is 4.79 Å². The molecule has 1 N–H and O–H groups in total. The van der Waals surface area contributed by atoms with Crippen molar-refractivity contribution in [2.24, 2.45) is 5.92 Å². The van der Waals surface area contributed by atoms with E-state index in [4.69, 9.17) is 0 Å². The minimum Gasteiger partial charge on any atom is -0.337 e. The highest BCUT2D eigenvalue weighted by Gasteiger charge is 2.47. The minimum atomic E-state index is -0.641. The van der Waals surface area contributed by atoms with Gasteiger partial charge in [0, 0.05) is 11.7 Å². The summed E-state index contributed by atoms with van der Waals surface area (Å²) in [4.78, 5) is 12.5. The maximum Gasteiger partial charge on any atom is 0.225 e. The Hall–Kier alpha value is -1.99. The highest BCUT2D eigenvalue weighted by molar-refractivity contribution is 7.99. The zero-order valence-corrected chi connectivity index (χ0v) is 13.6. The highest BCUT2D eigenvalue weighted by atomic mass is 32.2. The molecule has 0 aromatic heterocycles. The van der Waals surface area contributed by atoms with Crippen molar-refractivity contribution < 1.29 is 4.79 Å². The fourth-order valence-corrected chi connectivity index (χ4v) is 4.67. The summed E-state index contributed by atoms with van der Waals surface area (Å²) in [6, 6.07) is 17.1. The maximum absolute atomic E-state index is 12.5. The average Bonchev–Trinajstić information content (AvgIpc) is 3.27. The SMILES string of the molecule is N#CC1(NC(=O)C2CC2c2ccc3ccccc3c2)CCSC1. The molecule has 2 fully saturated rings. The van der Waals surface area contributed by atoms with Crippen LogP contribution in [-0.2, 0) is 4.79 Å². The Bertz CT molecular complexity index is 804. The average molecular weight is 322 g/mol. The lowest BCUT2D eigenvalue weighted by atomic mass is 10.00. The van der Waals surface area contributed by atoms with Gasteiger partial charge < -0.3 is 5.32 Å². The summed E-state index contributed by atoms with van der Waals surface area (Å²) < 4.78 is 0. The normalized spacial score (nSPS) is 29.2. The van der Waals surface area contributed by atoms with Crippen molar-refractivity contribution in [1.82, 2.24) is 5.32 Å². The lowest BCUT2D eigenvalue weighted by Crippen LogP contribution is -2.48. The Balaban J connectivity index is 1.48. The highest BCUT2D eigenvalue weighted by Crippen LogP contribution is 2.48. The van der Waals surface area contributed by atoms with Crippen molar-refractivity contribution in [3.05, 3.63) is 48.0 Å². The summed E-state index contributed by atoms with van der Waals surface area (Å²) in [5.41, 5.74) is 0.591. The Morgan fingerprint density at radius 2 is 2.09 bits per heavy atom. The molecule has 0 radical (unpaired) electrons. The third-order valence-corrected chi connectivity index (χ3v) is 6.12. The molecule has 2 aromatic carbocycles. The topological polar surface area (TPSA) is 52.9 Å². The molecule has 1 aliphatic heterocycles. The second-order valence-corrected chi connectivity index (χ2v) is 7.65. The molecule has 23 heavy (non-hydrogen) atoms. The van der Waals surface area contributed by atoms with Crippen molar-refractivity contribution in [2.75, 3.05) is 11.5 Å². The van der Waals surface area contributed by atoms with Crippen LogP contribution in [0.1, 0.15) is 24.3 Å². The van der Waals surface area contributed by atoms with E-state index in [0.29, 0.717) is 11.7 Å². The minimum absolute atomic E-state index is 0.0204. The fourth-order valence-electron chi connectivity index (χ4n) is 3.40. The first kappa shape index (κ1) is 14.6. The molecule has 3 atom stereocenters. The summed E-state index contributed by atoms with van der Waals surface area (Å²) >= 11 is 1.74. The van der Waals surface area contributed by atoms with Crippen LogP contribution in [0.2, 0.25) is 0 Å². The molecular formula is C19H18N2OS. The summed E-state index contributed by atoms with van der Waals surface area (Å²) in [5.74, 6) is 2.03. The molecule has 116 valence electrons. The molecule has 1 saturated carbocycles. The smallest absolute Gasteiger partial charge is 0.225 e. The van der Waals surface area contributed by atoms with Crippen LogP contribution >= 0.6 is 11.8 Å². The van der Waals surface area contributed by atoms with Crippen molar-refractivity contribution in [1.29, 1.82) is 5.26 Å². The largest absolute Gasteiger partial charge is 0.337 e. The summed E-state index contributed by atoms with van der Waals surface area (Å²) in [5, 5.41) is 14.9. The molecule has 0 bridgehead atoms. The predicted octanol–water partition coefficient (Wildman–Crippen LogP) is 3.46. The summed E-state index contributed by atoms with van der Waals surface area (Å²) in [6.07, 6.45) is 1.64. The zero-order chi connectivity index (χ0) is 15.9. The Kier molecular flexibility index (Phi) is 3.54. The lowest BCUT2D eigenvalue weighted by molar-refractivity contribution is -0.123. The molecule has 0 spiro atoms. The predicted molar refractivity (Wildman–Crippen MR) is 93.2 cm³/mol. The first-order chi connectivity index (χ1) is 11.2. The van der Waals surface area contributed by atoms with Gasteiger partial charge in [-0.2, -0.15) is 17.0 Å². The molecule has 1 amide bonds. The molecule has 1 heterocycles. The van der Waals surface area contributed by atoms with E-state index >= 15 is 0 Å². The number of benzene rings is 2. The van der Waals surface area contributed by atoms with Crippen LogP contribution in [-0.4, -0.2) is 23.0 Å². The Morgan fingerprint density at radius 3 is 2.83 bits per heavy atom. The first-order valence-corrected chi connectivity index (χ1v) is 9.16. The Morgan fingerprint density at radius 1 is 1.26 bits per heavy atom. The summed E-state index contributed by atoms with van der Waals surface area (Å²) in [6.45, 7) is 0. The number of carbonyl (C=O) groups is 1. The Labute approximate surface area is 140 Å². The van der Waals surface area contributed by atoms with E-state index in [1.165, 1.54) is 16.3 Å². The van der Waals surface area contributed by atoms with Crippen molar-refractivity contribution >= 4 is 28.4 Å². The van der Waals surface area contributed by atoms with Crippen molar-refractivity contribution in [2.45, 2.75) is 24.3 Å². The van der Waals surface area contributed by atoms with Gasteiger partial charge in [0.1, 0.15) is 5.54 Å². The van der Waals surface area contributed by atoms with Gasteiger partial charge in [0.05, 0.1) is 6.07 Å². The molecule has 2 aliphatic rings. The van der Waals surface area contributed by atoms with E-state index in [1.807, 2.05) is 12.1 Å². The number of rotatable bonds is 3. The first-order valence-electron chi connectivity index (χ1n) is 8.00. The van der Waals surface area contributed by atoms with Gasteiger partial charge in [-0.1, -0.05) is 42.5 Å². The molecule has 4 rings (SSSR count). The van der Waals surface area contributed by atoms with Crippen LogP contribution in [0.15, 0.2) is 42.5 Å². The molecule has 3 nitrogen and oxygen atoms in total. The second-order valence-electron chi connectivity index (χ2n) is 6.54. The molecule has 1 aliphatic carbocycles. The standard InChI is InChI=1S/C19H18N2OS/c20-11-19(7-8-23-12-19)21-18(22)17-10-16(17)15-6-5-13-3-1-2-4-14(13)9-15/h1-6,9,16-17H,7-8,10,12H2,(H,21,22). The van der Waals surface area contributed by atoms with Crippen LogP contribution in [0, 0.1) is 17.2 Å². The molecule has 2 aromatic rings. The maximum atomic E-state index is 12.5. The van der Waals surface area contributed by atoms with E-state index in [9.17, 15) is 10.1 Å². The van der Waals surface area contributed by atoms with E-state index in [-0.39, 0.29) is 11.8 Å². The van der Waals surface area contributed by atoms with Gasteiger partial charge in [0.25, 0.3) is 0 Å². The van der Waals surface area contributed by atoms with Crippen LogP contribution < -0.4 is 5.32 Å². The van der Waals surface area contributed by atoms with E-state index in [2.05, 4.69) is 41.7 Å².